The molecule has 1 amide bonds. The van der Waals surface area contributed by atoms with Gasteiger partial charge in [-0.3, -0.25) is 4.79 Å². The highest BCUT2D eigenvalue weighted by atomic mass is 35.5. The van der Waals surface area contributed by atoms with Crippen LogP contribution in [-0.4, -0.2) is 38.9 Å². The van der Waals surface area contributed by atoms with Crippen LogP contribution in [-0.2, 0) is 19.7 Å². The Balaban J connectivity index is 3.15. The molecule has 24 heavy (non-hydrogen) atoms. The molecule has 1 atom stereocenters. The van der Waals surface area contributed by atoms with Crippen molar-refractivity contribution in [3.8, 4) is 5.75 Å². The summed E-state index contributed by atoms with van der Waals surface area (Å²) >= 11 is 5.76. The fourth-order valence-corrected chi connectivity index (χ4v) is 2.34. The molecule has 1 rings (SSSR count). The van der Waals surface area contributed by atoms with E-state index in [1.54, 1.807) is 7.11 Å². The number of nitrogens with one attached hydrogen (secondary N) is 1. The van der Waals surface area contributed by atoms with E-state index in [-0.39, 0.29) is 24.2 Å². The van der Waals surface area contributed by atoms with Crippen LogP contribution in [0.3, 0.4) is 0 Å². The Morgan fingerprint density at radius 3 is 2.58 bits per heavy atom. The van der Waals surface area contributed by atoms with Crippen LogP contribution in [0.1, 0.15) is 44.9 Å². The lowest BCUT2D eigenvalue weighted by molar-refractivity contribution is -0.120. The van der Waals surface area contributed by atoms with Gasteiger partial charge in [0.15, 0.2) is 0 Å². The van der Waals surface area contributed by atoms with Gasteiger partial charge >= 0.3 is 0 Å². The number of rotatable bonds is 9. The minimum absolute atomic E-state index is 0.00629. The van der Waals surface area contributed by atoms with Gasteiger partial charge in [0.1, 0.15) is 19.1 Å². The summed E-state index contributed by atoms with van der Waals surface area (Å²) in [6.07, 6.45) is 0. The second-order valence-electron chi connectivity index (χ2n) is 6.57. The Labute approximate surface area is 149 Å². The molecule has 0 aliphatic heterocycles. The molecule has 0 saturated heterocycles. The summed E-state index contributed by atoms with van der Waals surface area (Å²) in [5.41, 5.74) is 2.00. The van der Waals surface area contributed by atoms with Crippen molar-refractivity contribution in [1.82, 2.24) is 5.32 Å². The highest BCUT2D eigenvalue weighted by Gasteiger charge is 2.21. The van der Waals surface area contributed by atoms with Gasteiger partial charge in [-0.2, -0.15) is 0 Å². The maximum atomic E-state index is 11.6. The summed E-state index contributed by atoms with van der Waals surface area (Å²) in [7, 11) is 1.56. The van der Waals surface area contributed by atoms with Gasteiger partial charge in [0, 0.05) is 19.6 Å². The van der Waals surface area contributed by atoms with Gasteiger partial charge in [-0.1, -0.05) is 32.9 Å². The molecule has 5 nitrogen and oxygen atoms in total. The molecule has 0 aromatic heterocycles. The molecular weight excluding hydrogens is 330 g/mol. The molecule has 0 radical (unpaired) electrons. The molecule has 0 spiro atoms. The van der Waals surface area contributed by atoms with Gasteiger partial charge < -0.3 is 19.5 Å². The zero-order valence-electron chi connectivity index (χ0n) is 15.1. The third kappa shape index (κ3) is 6.67. The fraction of sp³-hybridized carbons (Fsp3) is 0.611. The van der Waals surface area contributed by atoms with Gasteiger partial charge in [-0.25, -0.2) is 0 Å². The van der Waals surface area contributed by atoms with Crippen molar-refractivity contribution < 1.29 is 19.0 Å². The summed E-state index contributed by atoms with van der Waals surface area (Å²) in [5.74, 6) is 0.969. The van der Waals surface area contributed by atoms with Gasteiger partial charge in [0.05, 0.1) is 18.5 Å². The number of hydrogen-bond acceptors (Lipinski definition) is 4. The Morgan fingerprint density at radius 1 is 1.33 bits per heavy atom. The molecule has 0 fully saturated rings. The van der Waals surface area contributed by atoms with E-state index >= 15 is 0 Å². The third-order valence-electron chi connectivity index (χ3n) is 3.45. The highest BCUT2D eigenvalue weighted by Crippen LogP contribution is 2.32. The van der Waals surface area contributed by atoms with Crippen molar-refractivity contribution in [3.63, 3.8) is 0 Å². The Hall–Kier alpha value is -1.30. The summed E-state index contributed by atoms with van der Waals surface area (Å²) in [6.45, 7) is 8.74. The van der Waals surface area contributed by atoms with E-state index < -0.39 is 0 Å². The van der Waals surface area contributed by atoms with Crippen LogP contribution in [0.2, 0.25) is 0 Å². The van der Waals surface area contributed by atoms with Gasteiger partial charge in [-0.05, 0) is 17.0 Å². The first-order valence-electron chi connectivity index (χ1n) is 7.96. The number of halogens is 1. The van der Waals surface area contributed by atoms with Crippen molar-refractivity contribution in [2.75, 3.05) is 33.0 Å². The first-order valence-corrected chi connectivity index (χ1v) is 8.50. The number of hydrogen-bond donors (Lipinski definition) is 1. The number of methoxy groups -OCH3 is 1. The zero-order valence-corrected chi connectivity index (χ0v) is 15.9. The van der Waals surface area contributed by atoms with Crippen LogP contribution >= 0.6 is 11.6 Å². The second-order valence-corrected chi connectivity index (χ2v) is 6.95. The van der Waals surface area contributed by atoms with Crippen molar-refractivity contribution in [1.29, 1.82) is 0 Å². The predicted octanol–water partition coefficient (Wildman–Crippen LogP) is 3.40. The van der Waals surface area contributed by atoms with Crippen LogP contribution in [0, 0.1) is 0 Å². The molecule has 136 valence electrons. The topological polar surface area (TPSA) is 56.8 Å². The summed E-state index contributed by atoms with van der Waals surface area (Å²) in [5, 5.41) is 2.90. The molecular formula is C18H28ClNO4. The van der Waals surface area contributed by atoms with Crippen LogP contribution in [0.4, 0.5) is 0 Å². The minimum Gasteiger partial charge on any atom is -0.492 e. The lowest BCUT2D eigenvalue weighted by Gasteiger charge is -2.25. The maximum Gasteiger partial charge on any atom is 0.217 e. The van der Waals surface area contributed by atoms with Gasteiger partial charge in [-0.15, -0.1) is 11.6 Å². The maximum absolute atomic E-state index is 11.6. The van der Waals surface area contributed by atoms with E-state index in [0.717, 1.165) is 11.1 Å². The molecule has 0 heterocycles. The SMILES string of the molecule is COCOC[C@@H](NC(C)=O)c1ccc(C(C)(C)C)cc1OCCCl. The largest absolute Gasteiger partial charge is 0.492 e. The molecule has 0 aliphatic rings. The van der Waals surface area contributed by atoms with Crippen molar-refractivity contribution in [3.05, 3.63) is 29.3 Å². The Bertz CT molecular complexity index is 528. The first-order chi connectivity index (χ1) is 11.3. The predicted molar refractivity (Wildman–Crippen MR) is 95.7 cm³/mol. The smallest absolute Gasteiger partial charge is 0.217 e. The van der Waals surface area contributed by atoms with E-state index in [1.165, 1.54) is 6.92 Å². The first kappa shape index (κ1) is 20.7. The summed E-state index contributed by atoms with van der Waals surface area (Å²) in [4.78, 5) is 11.6. The molecule has 0 bridgehead atoms. The van der Waals surface area contributed by atoms with Crippen LogP contribution < -0.4 is 10.1 Å². The van der Waals surface area contributed by atoms with Crippen molar-refractivity contribution >= 4 is 17.5 Å². The van der Waals surface area contributed by atoms with Gasteiger partial charge in [0.2, 0.25) is 5.91 Å². The lowest BCUT2D eigenvalue weighted by Crippen LogP contribution is -2.30. The van der Waals surface area contributed by atoms with E-state index in [9.17, 15) is 4.79 Å². The van der Waals surface area contributed by atoms with E-state index in [1.807, 2.05) is 18.2 Å². The fourth-order valence-electron chi connectivity index (χ4n) is 2.27. The van der Waals surface area contributed by atoms with Crippen LogP contribution in [0.15, 0.2) is 18.2 Å². The molecule has 0 unspecified atom stereocenters. The molecule has 6 heteroatoms. The number of ether oxygens (including phenoxy) is 3. The van der Waals surface area contributed by atoms with E-state index in [0.29, 0.717) is 24.8 Å². The number of amides is 1. The average molecular weight is 358 g/mol. The molecule has 1 N–H and O–H groups in total. The van der Waals surface area contributed by atoms with Crippen LogP contribution in [0.25, 0.3) is 0 Å². The normalized spacial score (nSPS) is 12.8. The monoisotopic (exact) mass is 357 g/mol. The lowest BCUT2D eigenvalue weighted by atomic mass is 9.86. The van der Waals surface area contributed by atoms with Gasteiger partial charge in [0.25, 0.3) is 0 Å². The quantitative estimate of drug-likeness (QED) is 0.418. The highest BCUT2D eigenvalue weighted by molar-refractivity contribution is 6.18. The van der Waals surface area contributed by atoms with Crippen LogP contribution in [0.5, 0.6) is 5.75 Å². The number of alkyl halides is 1. The molecule has 1 aromatic rings. The Kier molecular flexibility index (Phi) is 8.53. The standard InChI is InChI=1S/C18H28ClNO4/c1-13(21)20-16(11-23-12-22-5)15-7-6-14(18(2,3)4)10-17(15)24-9-8-19/h6-7,10,16H,8-9,11-12H2,1-5H3,(H,20,21)/t16-/m1/s1. The van der Waals surface area contributed by atoms with E-state index in [4.69, 9.17) is 25.8 Å². The second kappa shape index (κ2) is 9.87. The number of carbonyl (C=O) groups is 1. The van der Waals surface area contributed by atoms with Crippen molar-refractivity contribution in [2.24, 2.45) is 0 Å². The summed E-state index contributed by atoms with van der Waals surface area (Å²) in [6, 6.07) is 5.71. The van der Waals surface area contributed by atoms with Crippen molar-refractivity contribution in [2.45, 2.75) is 39.2 Å². The molecule has 1 aromatic carbocycles. The minimum atomic E-state index is -0.322. The number of benzene rings is 1. The average Bonchev–Trinajstić information content (AvgIpc) is 2.50. The molecule has 0 saturated carbocycles. The number of carbonyl (C=O) groups excluding carboxylic acids is 1. The Morgan fingerprint density at radius 2 is 2.04 bits per heavy atom. The molecule has 0 aliphatic carbocycles. The zero-order chi connectivity index (χ0) is 18.2. The van der Waals surface area contributed by atoms with E-state index in [2.05, 4.69) is 26.1 Å². The summed E-state index contributed by atoms with van der Waals surface area (Å²) < 4.78 is 16.2. The third-order valence-corrected chi connectivity index (χ3v) is 3.61.